The lowest BCUT2D eigenvalue weighted by Gasteiger charge is -1.96. The van der Waals surface area contributed by atoms with E-state index in [-0.39, 0.29) is 5.75 Å². The van der Waals surface area contributed by atoms with Gasteiger partial charge in [-0.15, -0.1) is 0 Å². The van der Waals surface area contributed by atoms with Gasteiger partial charge in [0.2, 0.25) is 5.13 Å². The van der Waals surface area contributed by atoms with Crippen LogP contribution >= 0.6 is 11.3 Å². The van der Waals surface area contributed by atoms with Crippen molar-refractivity contribution in [2.45, 2.75) is 13.8 Å². The molecule has 5 heteroatoms. The fourth-order valence-corrected chi connectivity index (χ4v) is 2.74. The molecule has 0 saturated heterocycles. The van der Waals surface area contributed by atoms with Crippen LogP contribution in [0.25, 0.3) is 15.3 Å². The molecule has 3 rings (SSSR count). The molecule has 1 N–H and O–H groups in total. The Hall–Kier alpha value is -1.88. The molecule has 0 amide bonds. The van der Waals surface area contributed by atoms with Crippen molar-refractivity contribution in [1.82, 2.24) is 14.8 Å². The van der Waals surface area contributed by atoms with Crippen LogP contribution in [0, 0.1) is 13.8 Å². The van der Waals surface area contributed by atoms with E-state index in [9.17, 15) is 5.11 Å². The number of fused-ring (bicyclic) bond motifs is 1. The van der Waals surface area contributed by atoms with Crippen LogP contribution in [0.4, 0.5) is 0 Å². The van der Waals surface area contributed by atoms with Crippen LogP contribution in [-0.2, 0) is 0 Å². The molecule has 0 radical (unpaired) electrons. The summed E-state index contributed by atoms with van der Waals surface area (Å²) in [6.07, 6.45) is 0. The number of aromatic hydroxyl groups is 1. The Labute approximate surface area is 102 Å². The SMILES string of the molecule is Cc1nn(-c2nc3ccccc3s2)c(C)c1O. The zero-order valence-corrected chi connectivity index (χ0v) is 10.3. The van der Waals surface area contributed by atoms with Crippen molar-refractivity contribution >= 4 is 21.6 Å². The number of aryl methyl sites for hydroxylation is 1. The Bertz CT molecular complexity index is 666. The lowest BCUT2D eigenvalue weighted by molar-refractivity contribution is 0.466. The van der Waals surface area contributed by atoms with Gasteiger partial charge in [0.05, 0.1) is 15.9 Å². The van der Waals surface area contributed by atoms with E-state index in [1.165, 1.54) is 0 Å². The van der Waals surface area contributed by atoms with Crippen molar-refractivity contribution in [1.29, 1.82) is 0 Å². The summed E-state index contributed by atoms with van der Waals surface area (Å²) in [6, 6.07) is 7.95. The molecular formula is C12H11N3OS. The summed E-state index contributed by atoms with van der Waals surface area (Å²) in [7, 11) is 0. The van der Waals surface area contributed by atoms with Gasteiger partial charge < -0.3 is 5.11 Å². The summed E-state index contributed by atoms with van der Waals surface area (Å²) in [4.78, 5) is 4.51. The second-order valence-electron chi connectivity index (χ2n) is 3.90. The van der Waals surface area contributed by atoms with Crippen molar-refractivity contribution in [3.63, 3.8) is 0 Å². The molecule has 0 spiro atoms. The Morgan fingerprint density at radius 2 is 2.00 bits per heavy atom. The van der Waals surface area contributed by atoms with Crippen LogP contribution in [0.2, 0.25) is 0 Å². The number of aromatic nitrogens is 3. The average Bonchev–Trinajstić information content (AvgIpc) is 2.86. The molecule has 0 saturated carbocycles. The van der Waals surface area contributed by atoms with Crippen molar-refractivity contribution in [3.05, 3.63) is 35.7 Å². The van der Waals surface area contributed by atoms with Crippen molar-refractivity contribution in [2.75, 3.05) is 0 Å². The highest BCUT2D eigenvalue weighted by molar-refractivity contribution is 7.20. The van der Waals surface area contributed by atoms with Gasteiger partial charge >= 0.3 is 0 Å². The third-order valence-corrected chi connectivity index (χ3v) is 3.73. The molecule has 2 aromatic heterocycles. The standard InChI is InChI=1S/C12H11N3OS/c1-7-11(16)8(2)15(14-7)12-13-9-5-3-4-6-10(9)17-12/h3-6,16H,1-2H3. The predicted octanol–water partition coefficient (Wildman–Crippen LogP) is 2.80. The van der Waals surface area contributed by atoms with E-state index in [0.717, 1.165) is 21.0 Å². The van der Waals surface area contributed by atoms with Crippen molar-refractivity contribution in [2.24, 2.45) is 0 Å². The first-order chi connectivity index (χ1) is 8.16. The Morgan fingerprint density at radius 1 is 1.24 bits per heavy atom. The minimum Gasteiger partial charge on any atom is -0.504 e. The molecule has 0 aliphatic carbocycles. The first kappa shape index (κ1) is 10.3. The summed E-state index contributed by atoms with van der Waals surface area (Å²) < 4.78 is 2.81. The number of hydrogen-bond acceptors (Lipinski definition) is 4. The molecule has 0 aliphatic heterocycles. The van der Waals surface area contributed by atoms with E-state index in [1.54, 1.807) is 22.9 Å². The van der Waals surface area contributed by atoms with Crippen LogP contribution in [0.1, 0.15) is 11.4 Å². The zero-order chi connectivity index (χ0) is 12.0. The molecule has 17 heavy (non-hydrogen) atoms. The molecular weight excluding hydrogens is 234 g/mol. The first-order valence-corrected chi connectivity index (χ1v) is 6.09. The van der Waals surface area contributed by atoms with Gasteiger partial charge in [-0.1, -0.05) is 23.5 Å². The van der Waals surface area contributed by atoms with E-state index >= 15 is 0 Å². The van der Waals surface area contributed by atoms with Gasteiger partial charge in [0, 0.05) is 0 Å². The minimum absolute atomic E-state index is 0.240. The van der Waals surface area contributed by atoms with Gasteiger partial charge in [0.1, 0.15) is 5.69 Å². The number of thiazole rings is 1. The number of rotatable bonds is 1. The number of benzene rings is 1. The monoisotopic (exact) mass is 245 g/mol. The lowest BCUT2D eigenvalue weighted by Crippen LogP contribution is -1.97. The van der Waals surface area contributed by atoms with Gasteiger partial charge in [-0.2, -0.15) is 5.10 Å². The highest BCUT2D eigenvalue weighted by atomic mass is 32.1. The summed E-state index contributed by atoms with van der Waals surface area (Å²) in [5.41, 5.74) is 2.31. The highest BCUT2D eigenvalue weighted by Gasteiger charge is 2.14. The average molecular weight is 245 g/mol. The van der Waals surface area contributed by atoms with Crippen LogP contribution in [0.15, 0.2) is 24.3 Å². The van der Waals surface area contributed by atoms with Gasteiger partial charge in [-0.05, 0) is 26.0 Å². The second kappa shape index (κ2) is 3.56. The van der Waals surface area contributed by atoms with Crippen LogP contribution in [0.3, 0.4) is 0 Å². The van der Waals surface area contributed by atoms with E-state index < -0.39 is 0 Å². The van der Waals surface area contributed by atoms with Crippen LogP contribution in [-0.4, -0.2) is 19.9 Å². The highest BCUT2D eigenvalue weighted by Crippen LogP contribution is 2.28. The van der Waals surface area contributed by atoms with E-state index in [4.69, 9.17) is 0 Å². The van der Waals surface area contributed by atoms with E-state index in [2.05, 4.69) is 10.1 Å². The molecule has 0 aliphatic rings. The third kappa shape index (κ3) is 1.51. The molecule has 0 unspecified atom stereocenters. The topological polar surface area (TPSA) is 50.9 Å². The molecule has 86 valence electrons. The van der Waals surface area contributed by atoms with Gasteiger partial charge in [-0.25, -0.2) is 9.67 Å². The fraction of sp³-hybridized carbons (Fsp3) is 0.167. The second-order valence-corrected chi connectivity index (χ2v) is 4.90. The van der Waals surface area contributed by atoms with E-state index in [1.807, 2.05) is 31.2 Å². The number of para-hydroxylation sites is 1. The van der Waals surface area contributed by atoms with E-state index in [0.29, 0.717) is 5.69 Å². The maximum Gasteiger partial charge on any atom is 0.211 e. The molecule has 2 heterocycles. The quantitative estimate of drug-likeness (QED) is 0.717. The fourth-order valence-electron chi connectivity index (χ4n) is 1.77. The summed E-state index contributed by atoms with van der Waals surface area (Å²) in [5.74, 6) is 0.240. The van der Waals surface area contributed by atoms with Crippen molar-refractivity contribution < 1.29 is 5.11 Å². The molecule has 1 aromatic carbocycles. The van der Waals surface area contributed by atoms with Crippen LogP contribution in [0.5, 0.6) is 5.75 Å². The van der Waals surface area contributed by atoms with Crippen LogP contribution < -0.4 is 0 Å². The Balaban J connectivity index is 2.23. The van der Waals surface area contributed by atoms with Crippen molar-refractivity contribution in [3.8, 4) is 10.9 Å². The molecule has 0 atom stereocenters. The number of hydrogen-bond donors (Lipinski definition) is 1. The van der Waals surface area contributed by atoms with Gasteiger partial charge in [0.25, 0.3) is 0 Å². The summed E-state index contributed by atoms with van der Waals surface area (Å²) in [5, 5.41) is 14.8. The molecule has 0 fully saturated rings. The normalized spacial score (nSPS) is 11.2. The molecule has 3 aromatic rings. The zero-order valence-electron chi connectivity index (χ0n) is 9.51. The minimum atomic E-state index is 0.240. The first-order valence-electron chi connectivity index (χ1n) is 5.28. The smallest absolute Gasteiger partial charge is 0.211 e. The maximum absolute atomic E-state index is 9.76. The number of nitrogens with zero attached hydrogens (tertiary/aromatic N) is 3. The molecule has 0 bridgehead atoms. The Kier molecular flexibility index (Phi) is 2.16. The maximum atomic E-state index is 9.76. The summed E-state index contributed by atoms with van der Waals surface area (Å²) in [6.45, 7) is 3.62. The molecule has 4 nitrogen and oxygen atoms in total. The Morgan fingerprint density at radius 3 is 2.65 bits per heavy atom. The largest absolute Gasteiger partial charge is 0.504 e. The van der Waals surface area contributed by atoms with Gasteiger partial charge in [0.15, 0.2) is 5.75 Å². The van der Waals surface area contributed by atoms with Gasteiger partial charge in [-0.3, -0.25) is 0 Å². The third-order valence-electron chi connectivity index (χ3n) is 2.72. The lowest BCUT2D eigenvalue weighted by atomic mass is 10.3. The predicted molar refractivity (Wildman–Crippen MR) is 67.9 cm³/mol. The summed E-state index contributed by atoms with van der Waals surface area (Å²) >= 11 is 1.56.